The second-order valence-electron chi connectivity index (χ2n) is 5.35. The molecule has 1 N–H and O–H groups in total. The molecular weight excluding hydrogens is 212 g/mol. The van der Waals surface area contributed by atoms with E-state index >= 15 is 0 Å². The molecule has 2 heterocycles. The molecule has 0 radical (unpaired) electrons. The van der Waals surface area contributed by atoms with Gasteiger partial charge in [-0.1, -0.05) is 0 Å². The number of sulfone groups is 1. The van der Waals surface area contributed by atoms with E-state index in [0.29, 0.717) is 23.0 Å². The molecule has 3 fully saturated rings. The van der Waals surface area contributed by atoms with E-state index in [4.69, 9.17) is 0 Å². The normalized spacial score (nSPS) is 34.7. The van der Waals surface area contributed by atoms with Gasteiger partial charge in [0.2, 0.25) is 0 Å². The molecule has 3 rings (SSSR count). The largest absolute Gasteiger partial charge is 0.316 e. The zero-order valence-electron chi connectivity index (χ0n) is 8.91. The Bertz CT molecular complexity index is 340. The maximum atomic E-state index is 11.3. The summed E-state index contributed by atoms with van der Waals surface area (Å²) in [5.41, 5.74) is 0.598. The summed E-state index contributed by atoms with van der Waals surface area (Å²) in [6, 6.07) is 0.669. The quantitative estimate of drug-likeness (QED) is 0.658. The van der Waals surface area contributed by atoms with E-state index in [1.807, 2.05) is 0 Å². The molecule has 15 heavy (non-hydrogen) atoms. The molecule has 0 atom stereocenters. The van der Waals surface area contributed by atoms with Crippen LogP contribution in [0.1, 0.15) is 12.8 Å². The lowest BCUT2D eigenvalue weighted by atomic mass is 9.61. The first-order valence-corrected chi connectivity index (χ1v) is 7.56. The first-order valence-electron chi connectivity index (χ1n) is 5.74. The van der Waals surface area contributed by atoms with Crippen LogP contribution in [0.25, 0.3) is 0 Å². The lowest BCUT2D eigenvalue weighted by Gasteiger charge is -2.57. The van der Waals surface area contributed by atoms with Crippen LogP contribution in [0.4, 0.5) is 0 Å². The van der Waals surface area contributed by atoms with Gasteiger partial charge in [-0.05, 0) is 18.3 Å². The van der Waals surface area contributed by atoms with Gasteiger partial charge in [0.05, 0.1) is 11.5 Å². The number of nitrogens with zero attached hydrogens (tertiary/aromatic N) is 1. The molecule has 1 spiro atoms. The van der Waals surface area contributed by atoms with E-state index in [9.17, 15) is 8.42 Å². The summed E-state index contributed by atoms with van der Waals surface area (Å²) in [7, 11) is -2.71. The van der Waals surface area contributed by atoms with Crippen molar-refractivity contribution in [1.82, 2.24) is 10.2 Å². The second-order valence-corrected chi connectivity index (χ2v) is 7.66. The Morgan fingerprint density at radius 2 is 1.73 bits per heavy atom. The Labute approximate surface area is 90.9 Å². The predicted molar refractivity (Wildman–Crippen MR) is 58.6 cm³/mol. The molecule has 86 valence electrons. The van der Waals surface area contributed by atoms with Crippen LogP contribution in [-0.2, 0) is 9.84 Å². The molecule has 0 unspecified atom stereocenters. The first kappa shape index (κ1) is 10.1. The van der Waals surface area contributed by atoms with Crippen LogP contribution >= 0.6 is 0 Å². The summed E-state index contributed by atoms with van der Waals surface area (Å²) in [5, 5.41) is 3.33. The average Bonchev–Trinajstić information content (AvgIpc) is 2.02. The first-order chi connectivity index (χ1) is 7.09. The Morgan fingerprint density at radius 3 is 2.20 bits per heavy atom. The highest BCUT2D eigenvalue weighted by Gasteiger charge is 2.50. The van der Waals surface area contributed by atoms with E-state index in [2.05, 4.69) is 10.2 Å². The molecular formula is C10H18N2O2S. The smallest absolute Gasteiger partial charge is 0.152 e. The Hall–Kier alpha value is -0.130. The molecule has 1 saturated carbocycles. The fraction of sp³-hybridized carbons (Fsp3) is 1.00. The van der Waals surface area contributed by atoms with Crippen molar-refractivity contribution in [2.75, 3.05) is 37.7 Å². The van der Waals surface area contributed by atoms with E-state index in [1.165, 1.54) is 25.9 Å². The summed E-state index contributed by atoms with van der Waals surface area (Å²) in [6.45, 7) is 3.87. The molecule has 3 aliphatic rings. The SMILES string of the molecule is O=S1(=O)CCN(C2CC3(CNC3)C2)CC1. The van der Waals surface area contributed by atoms with Crippen LogP contribution in [0, 0.1) is 5.41 Å². The van der Waals surface area contributed by atoms with Gasteiger partial charge in [0.15, 0.2) is 9.84 Å². The third kappa shape index (κ3) is 1.70. The van der Waals surface area contributed by atoms with Gasteiger partial charge in [-0.15, -0.1) is 0 Å². The van der Waals surface area contributed by atoms with Gasteiger partial charge < -0.3 is 5.32 Å². The van der Waals surface area contributed by atoms with Crippen LogP contribution in [0.2, 0.25) is 0 Å². The van der Waals surface area contributed by atoms with E-state index in [1.54, 1.807) is 0 Å². The lowest BCUT2D eigenvalue weighted by molar-refractivity contribution is -0.0326. The zero-order chi connectivity index (χ0) is 10.5. The molecule has 2 saturated heterocycles. The number of hydrogen-bond acceptors (Lipinski definition) is 4. The van der Waals surface area contributed by atoms with Crippen molar-refractivity contribution in [1.29, 1.82) is 0 Å². The fourth-order valence-corrected chi connectivity index (χ4v) is 4.29. The summed E-state index contributed by atoms with van der Waals surface area (Å²) in [6.07, 6.45) is 2.56. The topological polar surface area (TPSA) is 49.4 Å². The van der Waals surface area contributed by atoms with Crippen LogP contribution < -0.4 is 5.32 Å². The van der Waals surface area contributed by atoms with Gasteiger partial charge in [0.25, 0.3) is 0 Å². The Morgan fingerprint density at radius 1 is 1.13 bits per heavy atom. The molecule has 2 aliphatic heterocycles. The highest BCUT2D eigenvalue weighted by molar-refractivity contribution is 7.91. The van der Waals surface area contributed by atoms with Crippen molar-refractivity contribution in [3.63, 3.8) is 0 Å². The Kier molecular flexibility index (Phi) is 2.13. The minimum absolute atomic E-state index is 0.370. The number of rotatable bonds is 1. The van der Waals surface area contributed by atoms with Gasteiger partial charge in [0.1, 0.15) is 0 Å². The molecule has 0 bridgehead atoms. The molecule has 1 aliphatic carbocycles. The van der Waals surface area contributed by atoms with Crippen molar-refractivity contribution in [3.8, 4) is 0 Å². The van der Waals surface area contributed by atoms with Crippen molar-refractivity contribution in [2.24, 2.45) is 5.41 Å². The van der Waals surface area contributed by atoms with Crippen LogP contribution in [0.5, 0.6) is 0 Å². The summed E-state index contributed by atoms with van der Waals surface area (Å²) in [4.78, 5) is 2.38. The fourth-order valence-electron chi connectivity index (χ4n) is 3.06. The third-order valence-corrected chi connectivity index (χ3v) is 5.84. The number of hydrogen-bond donors (Lipinski definition) is 1. The van der Waals surface area contributed by atoms with Gasteiger partial charge in [-0.25, -0.2) is 8.42 Å². The van der Waals surface area contributed by atoms with Gasteiger partial charge in [0, 0.05) is 32.2 Å². The maximum Gasteiger partial charge on any atom is 0.152 e. The van der Waals surface area contributed by atoms with E-state index < -0.39 is 9.84 Å². The highest BCUT2D eigenvalue weighted by atomic mass is 32.2. The molecule has 5 heteroatoms. The van der Waals surface area contributed by atoms with Gasteiger partial charge >= 0.3 is 0 Å². The number of nitrogens with one attached hydrogen (secondary N) is 1. The van der Waals surface area contributed by atoms with Gasteiger partial charge in [-0.2, -0.15) is 0 Å². The zero-order valence-corrected chi connectivity index (χ0v) is 9.72. The summed E-state index contributed by atoms with van der Waals surface area (Å²) < 4.78 is 22.6. The lowest BCUT2D eigenvalue weighted by Crippen LogP contribution is -2.66. The maximum absolute atomic E-state index is 11.3. The van der Waals surface area contributed by atoms with Crippen molar-refractivity contribution >= 4 is 9.84 Å². The van der Waals surface area contributed by atoms with Crippen molar-refractivity contribution in [2.45, 2.75) is 18.9 Å². The highest BCUT2D eigenvalue weighted by Crippen LogP contribution is 2.46. The summed E-state index contributed by atoms with van der Waals surface area (Å²) in [5.74, 6) is 0.740. The monoisotopic (exact) mass is 230 g/mol. The minimum Gasteiger partial charge on any atom is -0.316 e. The Balaban J connectivity index is 1.54. The van der Waals surface area contributed by atoms with Crippen molar-refractivity contribution < 1.29 is 8.42 Å². The van der Waals surface area contributed by atoms with Crippen LogP contribution in [0.15, 0.2) is 0 Å². The molecule has 0 aromatic rings. The summed E-state index contributed by atoms with van der Waals surface area (Å²) >= 11 is 0. The average molecular weight is 230 g/mol. The molecule has 0 aromatic heterocycles. The minimum atomic E-state index is -2.71. The standard InChI is InChI=1S/C10H18N2O2S/c13-15(14)3-1-12(2-4-15)9-5-10(6-9)7-11-8-10/h9,11H,1-8H2. The van der Waals surface area contributed by atoms with Crippen LogP contribution in [-0.4, -0.2) is 57.0 Å². The molecule has 0 aromatic carbocycles. The van der Waals surface area contributed by atoms with E-state index in [0.717, 1.165) is 13.1 Å². The predicted octanol–water partition coefficient (Wildman–Crippen LogP) is -0.531. The van der Waals surface area contributed by atoms with Crippen molar-refractivity contribution in [3.05, 3.63) is 0 Å². The third-order valence-electron chi connectivity index (χ3n) is 4.23. The molecule has 4 nitrogen and oxygen atoms in total. The van der Waals surface area contributed by atoms with Gasteiger partial charge in [-0.3, -0.25) is 4.90 Å². The van der Waals surface area contributed by atoms with Crippen LogP contribution in [0.3, 0.4) is 0 Å². The van der Waals surface area contributed by atoms with E-state index in [-0.39, 0.29) is 0 Å². The second kappa shape index (κ2) is 3.18. The molecule has 0 amide bonds.